The maximum Gasteiger partial charge on any atom is 0.416 e. The minimum Gasteiger partial charge on any atom is -0.294 e. The van der Waals surface area contributed by atoms with Gasteiger partial charge in [0.15, 0.2) is 5.78 Å². The molecule has 2 aromatic carbocycles. The highest BCUT2D eigenvalue weighted by Gasteiger charge is 2.30. The number of carbonyl (C=O) groups is 1. The number of benzene rings is 2. The first-order chi connectivity index (χ1) is 10.9. The Morgan fingerprint density at radius 1 is 1.04 bits per heavy atom. The van der Waals surface area contributed by atoms with Crippen molar-refractivity contribution in [3.05, 3.63) is 65.9 Å². The molecule has 0 saturated carbocycles. The van der Waals surface area contributed by atoms with Gasteiger partial charge in [0.2, 0.25) is 0 Å². The van der Waals surface area contributed by atoms with Crippen molar-refractivity contribution in [1.29, 1.82) is 0 Å². The molecule has 0 spiro atoms. The van der Waals surface area contributed by atoms with Crippen molar-refractivity contribution in [2.24, 2.45) is 0 Å². The minimum atomic E-state index is -4.36. The second-order valence-corrected chi connectivity index (χ2v) is 5.23. The second kappa shape index (κ2) is 5.50. The molecular formula is C18H12F3NO. The highest BCUT2D eigenvalue weighted by atomic mass is 19.4. The zero-order valence-electron chi connectivity index (χ0n) is 12.2. The maximum absolute atomic E-state index is 12.7. The fraction of sp³-hybridized carbons (Fsp3) is 0.111. The van der Waals surface area contributed by atoms with Gasteiger partial charge < -0.3 is 0 Å². The lowest BCUT2D eigenvalue weighted by Crippen LogP contribution is -2.04. The SMILES string of the molecule is CC(=O)c1cnc2c(-c3ccc(C(F)(F)F)cc3)cccc2c1. The number of hydrogen-bond acceptors (Lipinski definition) is 2. The number of carbonyl (C=O) groups excluding carboxylic acids is 1. The van der Waals surface area contributed by atoms with Gasteiger partial charge in [-0.25, -0.2) is 0 Å². The van der Waals surface area contributed by atoms with Crippen LogP contribution in [0.5, 0.6) is 0 Å². The Morgan fingerprint density at radius 3 is 2.35 bits per heavy atom. The molecule has 116 valence electrons. The molecule has 0 aliphatic carbocycles. The number of nitrogens with zero attached hydrogens (tertiary/aromatic N) is 1. The van der Waals surface area contributed by atoms with Crippen LogP contribution in [-0.2, 0) is 6.18 Å². The highest BCUT2D eigenvalue weighted by molar-refractivity contribution is 6.00. The molecule has 0 amide bonds. The number of para-hydroxylation sites is 1. The van der Waals surface area contributed by atoms with Gasteiger partial charge in [0.05, 0.1) is 11.1 Å². The number of Topliss-reactive ketones (excluding diaryl/α,β-unsaturated/α-hetero) is 1. The zero-order valence-corrected chi connectivity index (χ0v) is 12.2. The Kier molecular flexibility index (Phi) is 3.64. The van der Waals surface area contributed by atoms with Crippen LogP contribution in [-0.4, -0.2) is 10.8 Å². The number of aromatic nitrogens is 1. The van der Waals surface area contributed by atoms with Crippen molar-refractivity contribution >= 4 is 16.7 Å². The van der Waals surface area contributed by atoms with Crippen molar-refractivity contribution in [3.63, 3.8) is 0 Å². The van der Waals surface area contributed by atoms with Crippen LogP contribution in [0.1, 0.15) is 22.8 Å². The number of halogens is 3. The molecule has 0 bridgehead atoms. The van der Waals surface area contributed by atoms with Crippen molar-refractivity contribution in [3.8, 4) is 11.1 Å². The predicted octanol–water partition coefficient (Wildman–Crippen LogP) is 5.12. The molecule has 0 aliphatic rings. The van der Waals surface area contributed by atoms with E-state index in [1.165, 1.54) is 25.3 Å². The Hall–Kier alpha value is -2.69. The van der Waals surface area contributed by atoms with Crippen molar-refractivity contribution in [1.82, 2.24) is 4.98 Å². The Morgan fingerprint density at radius 2 is 1.74 bits per heavy atom. The first-order valence-corrected chi connectivity index (χ1v) is 6.93. The lowest BCUT2D eigenvalue weighted by Gasteiger charge is -2.10. The first kappa shape index (κ1) is 15.2. The van der Waals surface area contributed by atoms with Gasteiger partial charge in [-0.15, -0.1) is 0 Å². The summed E-state index contributed by atoms with van der Waals surface area (Å²) in [6.07, 6.45) is -2.87. The summed E-state index contributed by atoms with van der Waals surface area (Å²) in [4.78, 5) is 15.7. The monoisotopic (exact) mass is 315 g/mol. The summed E-state index contributed by atoms with van der Waals surface area (Å²) >= 11 is 0. The molecule has 5 heteroatoms. The lowest BCUT2D eigenvalue weighted by atomic mass is 9.99. The van der Waals surface area contributed by atoms with Gasteiger partial charge in [0.25, 0.3) is 0 Å². The third-order valence-electron chi connectivity index (χ3n) is 3.64. The first-order valence-electron chi connectivity index (χ1n) is 6.93. The smallest absolute Gasteiger partial charge is 0.294 e. The van der Waals surface area contributed by atoms with Crippen LogP contribution < -0.4 is 0 Å². The Bertz CT molecular complexity index is 883. The van der Waals surface area contributed by atoms with Gasteiger partial charge in [-0.1, -0.05) is 30.3 Å². The molecular weight excluding hydrogens is 303 g/mol. The molecule has 23 heavy (non-hydrogen) atoms. The van der Waals surface area contributed by atoms with Crippen LogP contribution in [0.4, 0.5) is 13.2 Å². The Balaban J connectivity index is 2.11. The van der Waals surface area contributed by atoms with Gasteiger partial charge in [-0.2, -0.15) is 13.2 Å². The highest BCUT2D eigenvalue weighted by Crippen LogP contribution is 2.32. The normalized spacial score (nSPS) is 11.7. The van der Waals surface area contributed by atoms with Crippen molar-refractivity contribution in [2.45, 2.75) is 13.1 Å². The summed E-state index contributed by atoms with van der Waals surface area (Å²) in [5, 5.41) is 0.773. The minimum absolute atomic E-state index is 0.0840. The fourth-order valence-corrected chi connectivity index (χ4v) is 2.43. The molecule has 0 unspecified atom stereocenters. The standard InChI is InChI=1S/C18H12F3NO/c1-11(23)14-9-13-3-2-4-16(17(13)22-10-14)12-5-7-15(8-6-12)18(19,20)21/h2-10H,1H3. The number of ketones is 1. The fourth-order valence-electron chi connectivity index (χ4n) is 2.43. The third-order valence-corrected chi connectivity index (χ3v) is 3.64. The van der Waals surface area contributed by atoms with Gasteiger partial charge in [0.1, 0.15) is 0 Å². The van der Waals surface area contributed by atoms with Crippen LogP contribution in [0.25, 0.3) is 22.0 Å². The number of fused-ring (bicyclic) bond motifs is 1. The molecule has 0 radical (unpaired) electrons. The topological polar surface area (TPSA) is 30.0 Å². The molecule has 0 N–H and O–H groups in total. The van der Waals surface area contributed by atoms with E-state index in [0.29, 0.717) is 16.6 Å². The van der Waals surface area contributed by atoms with E-state index in [1.54, 1.807) is 18.2 Å². The van der Waals surface area contributed by atoms with Crippen LogP contribution in [0.2, 0.25) is 0 Å². The molecule has 0 aliphatic heterocycles. The summed E-state index contributed by atoms with van der Waals surface area (Å²) in [6.45, 7) is 1.46. The summed E-state index contributed by atoms with van der Waals surface area (Å²) in [5.74, 6) is -0.0840. The van der Waals surface area contributed by atoms with E-state index in [-0.39, 0.29) is 5.78 Å². The van der Waals surface area contributed by atoms with Crippen LogP contribution in [0, 0.1) is 0 Å². The third kappa shape index (κ3) is 2.95. The van der Waals surface area contributed by atoms with Gasteiger partial charge >= 0.3 is 6.18 Å². The van der Waals surface area contributed by atoms with E-state index in [2.05, 4.69) is 4.98 Å². The van der Waals surface area contributed by atoms with E-state index in [4.69, 9.17) is 0 Å². The molecule has 3 rings (SSSR count). The van der Waals surface area contributed by atoms with E-state index in [1.807, 2.05) is 6.07 Å². The lowest BCUT2D eigenvalue weighted by molar-refractivity contribution is -0.137. The Labute approximate surface area is 130 Å². The number of rotatable bonds is 2. The number of alkyl halides is 3. The molecule has 0 fully saturated rings. The number of hydrogen-bond donors (Lipinski definition) is 0. The van der Waals surface area contributed by atoms with E-state index < -0.39 is 11.7 Å². The van der Waals surface area contributed by atoms with Crippen LogP contribution in [0.3, 0.4) is 0 Å². The van der Waals surface area contributed by atoms with Crippen molar-refractivity contribution in [2.75, 3.05) is 0 Å². The molecule has 0 saturated heterocycles. The molecule has 1 heterocycles. The second-order valence-electron chi connectivity index (χ2n) is 5.23. The number of pyridine rings is 1. The van der Waals surface area contributed by atoms with Gasteiger partial charge in [-0.05, 0) is 30.7 Å². The van der Waals surface area contributed by atoms with E-state index in [9.17, 15) is 18.0 Å². The summed E-state index contributed by atoms with van der Waals surface area (Å²) in [6, 6.07) is 12.1. The predicted molar refractivity (Wildman–Crippen MR) is 82.2 cm³/mol. The average molecular weight is 315 g/mol. The molecule has 2 nitrogen and oxygen atoms in total. The largest absolute Gasteiger partial charge is 0.416 e. The zero-order chi connectivity index (χ0) is 16.6. The molecule has 3 aromatic rings. The van der Waals surface area contributed by atoms with Gasteiger partial charge in [-0.3, -0.25) is 9.78 Å². The summed E-state index contributed by atoms with van der Waals surface area (Å²) < 4.78 is 38.0. The van der Waals surface area contributed by atoms with Gasteiger partial charge in [0, 0.05) is 22.7 Å². The molecule has 0 atom stereocenters. The summed E-state index contributed by atoms with van der Waals surface area (Å²) in [5.41, 5.74) is 1.84. The van der Waals surface area contributed by atoms with Crippen LogP contribution in [0.15, 0.2) is 54.7 Å². The summed E-state index contributed by atoms with van der Waals surface area (Å²) in [7, 11) is 0. The van der Waals surface area contributed by atoms with E-state index >= 15 is 0 Å². The van der Waals surface area contributed by atoms with E-state index in [0.717, 1.165) is 23.1 Å². The quantitative estimate of drug-likeness (QED) is 0.614. The van der Waals surface area contributed by atoms with Crippen LogP contribution >= 0.6 is 0 Å². The molecule has 1 aromatic heterocycles. The maximum atomic E-state index is 12.7. The average Bonchev–Trinajstić information content (AvgIpc) is 2.53. The van der Waals surface area contributed by atoms with Crippen molar-refractivity contribution < 1.29 is 18.0 Å².